The molecule has 0 aliphatic rings. The highest BCUT2D eigenvalue weighted by Gasteiger charge is 2.07. The van der Waals surface area contributed by atoms with Gasteiger partial charge in [-0.05, 0) is 43.2 Å². The molecule has 0 saturated carbocycles. The first-order chi connectivity index (χ1) is 8.97. The van der Waals surface area contributed by atoms with Gasteiger partial charge in [0.2, 0.25) is 0 Å². The molecular weight excluding hydrogens is 260 g/mol. The molecule has 0 heterocycles. The maximum absolute atomic E-state index is 7.38. The summed E-state index contributed by atoms with van der Waals surface area (Å²) in [6.07, 6.45) is 0. The zero-order chi connectivity index (χ0) is 14.0. The molecular formula is C15H15ClN2O. The van der Waals surface area contributed by atoms with Crippen molar-refractivity contribution in [3.05, 3.63) is 58.1 Å². The molecule has 2 rings (SSSR count). The molecule has 2 aromatic rings. The average Bonchev–Trinajstić information content (AvgIpc) is 2.33. The largest absolute Gasteiger partial charge is 0.457 e. The molecule has 0 unspecified atom stereocenters. The van der Waals surface area contributed by atoms with Crippen LogP contribution in [-0.4, -0.2) is 5.84 Å². The van der Waals surface area contributed by atoms with E-state index in [4.69, 9.17) is 27.5 Å². The molecule has 0 aromatic heterocycles. The molecule has 0 aliphatic heterocycles. The summed E-state index contributed by atoms with van der Waals surface area (Å²) in [5, 5.41) is 7.79. The average molecular weight is 275 g/mol. The summed E-state index contributed by atoms with van der Waals surface area (Å²) in [6, 6.07) is 11.1. The van der Waals surface area contributed by atoms with Crippen LogP contribution in [0.2, 0.25) is 5.02 Å². The molecule has 0 spiro atoms. The molecule has 0 fully saturated rings. The van der Waals surface area contributed by atoms with Crippen molar-refractivity contribution in [3.63, 3.8) is 0 Å². The van der Waals surface area contributed by atoms with E-state index in [0.717, 1.165) is 16.9 Å². The number of aryl methyl sites for hydroxylation is 2. The topological polar surface area (TPSA) is 59.1 Å². The van der Waals surface area contributed by atoms with E-state index in [9.17, 15) is 0 Å². The predicted molar refractivity (Wildman–Crippen MR) is 78.5 cm³/mol. The van der Waals surface area contributed by atoms with Gasteiger partial charge in [-0.25, -0.2) is 0 Å². The highest BCUT2D eigenvalue weighted by molar-refractivity contribution is 6.34. The first kappa shape index (κ1) is 13.4. The lowest BCUT2D eigenvalue weighted by Crippen LogP contribution is -2.11. The lowest BCUT2D eigenvalue weighted by molar-refractivity contribution is 0.478. The van der Waals surface area contributed by atoms with Crippen molar-refractivity contribution in [2.24, 2.45) is 5.73 Å². The number of nitrogen functional groups attached to an aromatic ring is 1. The third-order valence-corrected chi connectivity index (χ3v) is 3.11. The minimum absolute atomic E-state index is 0.0525. The van der Waals surface area contributed by atoms with E-state index in [1.807, 2.05) is 32.0 Å². The van der Waals surface area contributed by atoms with Crippen LogP contribution in [0.15, 0.2) is 36.4 Å². The van der Waals surface area contributed by atoms with Crippen molar-refractivity contribution in [1.82, 2.24) is 0 Å². The van der Waals surface area contributed by atoms with E-state index in [2.05, 4.69) is 0 Å². The number of amidine groups is 1. The van der Waals surface area contributed by atoms with Crippen molar-refractivity contribution in [1.29, 1.82) is 5.41 Å². The maximum atomic E-state index is 7.38. The molecule has 0 saturated heterocycles. The summed E-state index contributed by atoms with van der Waals surface area (Å²) in [5.74, 6) is 1.37. The number of nitrogens with one attached hydrogen (secondary N) is 1. The fraction of sp³-hybridized carbons (Fsp3) is 0.133. The number of rotatable bonds is 3. The number of nitrogens with two attached hydrogens (primary N) is 1. The second-order valence-corrected chi connectivity index (χ2v) is 4.83. The monoisotopic (exact) mass is 274 g/mol. The van der Waals surface area contributed by atoms with E-state index in [1.54, 1.807) is 18.2 Å². The first-order valence-electron chi connectivity index (χ1n) is 5.86. The minimum Gasteiger partial charge on any atom is -0.457 e. The fourth-order valence-corrected chi connectivity index (χ4v) is 1.99. The van der Waals surface area contributed by atoms with E-state index in [0.29, 0.717) is 16.3 Å². The SMILES string of the molecule is Cc1ccc(C)c(Oc2ccc(C(=N)N)c(Cl)c2)c1. The maximum Gasteiger partial charge on any atom is 0.130 e. The molecule has 98 valence electrons. The highest BCUT2D eigenvalue weighted by atomic mass is 35.5. The van der Waals surface area contributed by atoms with Gasteiger partial charge in [0.25, 0.3) is 0 Å². The number of hydrogen-bond acceptors (Lipinski definition) is 2. The number of benzene rings is 2. The second kappa shape index (κ2) is 5.33. The summed E-state index contributed by atoms with van der Waals surface area (Å²) in [7, 11) is 0. The molecule has 3 nitrogen and oxygen atoms in total. The van der Waals surface area contributed by atoms with Gasteiger partial charge in [-0.15, -0.1) is 0 Å². The van der Waals surface area contributed by atoms with Gasteiger partial charge >= 0.3 is 0 Å². The van der Waals surface area contributed by atoms with Gasteiger partial charge in [-0.1, -0.05) is 23.7 Å². The Balaban J connectivity index is 2.31. The Morgan fingerprint density at radius 2 is 1.89 bits per heavy atom. The van der Waals surface area contributed by atoms with Gasteiger partial charge < -0.3 is 10.5 Å². The van der Waals surface area contributed by atoms with Gasteiger partial charge in [0.15, 0.2) is 0 Å². The van der Waals surface area contributed by atoms with Gasteiger partial charge in [-0.3, -0.25) is 5.41 Å². The standard InChI is InChI=1S/C15H15ClN2O/c1-9-3-4-10(2)14(7-9)19-11-5-6-12(15(17)18)13(16)8-11/h3-8H,1-2H3,(H3,17,18). The van der Waals surface area contributed by atoms with Gasteiger partial charge in [0.05, 0.1) is 5.02 Å². The van der Waals surface area contributed by atoms with Crippen molar-refractivity contribution >= 4 is 17.4 Å². The van der Waals surface area contributed by atoms with Gasteiger partial charge in [-0.2, -0.15) is 0 Å². The van der Waals surface area contributed by atoms with E-state index in [1.165, 1.54) is 0 Å². The molecule has 2 aromatic carbocycles. The zero-order valence-electron chi connectivity index (χ0n) is 10.8. The number of hydrogen-bond donors (Lipinski definition) is 2. The summed E-state index contributed by atoms with van der Waals surface area (Å²) in [6.45, 7) is 4.00. The molecule has 4 heteroatoms. The molecule has 0 aliphatic carbocycles. The lowest BCUT2D eigenvalue weighted by Gasteiger charge is -2.11. The second-order valence-electron chi connectivity index (χ2n) is 4.43. The number of ether oxygens (including phenoxy) is 1. The Hall–Kier alpha value is -2.00. The Morgan fingerprint density at radius 1 is 1.16 bits per heavy atom. The van der Waals surface area contributed by atoms with Crippen molar-refractivity contribution in [2.45, 2.75) is 13.8 Å². The van der Waals surface area contributed by atoms with E-state index < -0.39 is 0 Å². The quantitative estimate of drug-likeness (QED) is 0.656. The lowest BCUT2D eigenvalue weighted by atomic mass is 10.1. The summed E-state index contributed by atoms with van der Waals surface area (Å²) >= 11 is 6.06. The third-order valence-electron chi connectivity index (χ3n) is 2.80. The minimum atomic E-state index is -0.0525. The van der Waals surface area contributed by atoms with Crippen LogP contribution in [0.3, 0.4) is 0 Å². The van der Waals surface area contributed by atoms with Crippen LogP contribution in [0.4, 0.5) is 0 Å². The molecule has 0 amide bonds. The highest BCUT2D eigenvalue weighted by Crippen LogP contribution is 2.29. The van der Waals surface area contributed by atoms with Crippen LogP contribution in [0.5, 0.6) is 11.5 Å². The van der Waals surface area contributed by atoms with E-state index >= 15 is 0 Å². The Kier molecular flexibility index (Phi) is 3.76. The van der Waals surface area contributed by atoms with Crippen molar-refractivity contribution in [2.75, 3.05) is 0 Å². The normalized spacial score (nSPS) is 10.3. The van der Waals surface area contributed by atoms with Crippen LogP contribution < -0.4 is 10.5 Å². The molecule has 3 N–H and O–H groups in total. The van der Waals surface area contributed by atoms with Crippen molar-refractivity contribution in [3.8, 4) is 11.5 Å². The summed E-state index contributed by atoms with van der Waals surface area (Å²) in [5.41, 5.74) is 8.11. The Bertz CT molecular complexity index is 638. The van der Waals surface area contributed by atoms with Crippen LogP contribution in [-0.2, 0) is 0 Å². The van der Waals surface area contributed by atoms with Crippen LogP contribution in [0.1, 0.15) is 16.7 Å². The zero-order valence-corrected chi connectivity index (χ0v) is 11.6. The van der Waals surface area contributed by atoms with Gasteiger partial charge in [0, 0.05) is 11.6 Å². The molecule has 0 atom stereocenters. The van der Waals surface area contributed by atoms with Crippen LogP contribution in [0, 0.1) is 19.3 Å². The fourth-order valence-electron chi connectivity index (χ4n) is 1.72. The molecule has 19 heavy (non-hydrogen) atoms. The van der Waals surface area contributed by atoms with Crippen LogP contribution >= 0.6 is 11.6 Å². The Morgan fingerprint density at radius 3 is 2.53 bits per heavy atom. The summed E-state index contributed by atoms with van der Waals surface area (Å²) < 4.78 is 5.81. The molecule has 0 bridgehead atoms. The first-order valence-corrected chi connectivity index (χ1v) is 6.24. The smallest absolute Gasteiger partial charge is 0.130 e. The van der Waals surface area contributed by atoms with E-state index in [-0.39, 0.29) is 5.84 Å². The number of halogens is 1. The predicted octanol–water partition coefficient (Wildman–Crippen LogP) is 4.03. The van der Waals surface area contributed by atoms with Gasteiger partial charge in [0.1, 0.15) is 17.3 Å². The third kappa shape index (κ3) is 3.06. The Labute approximate surface area is 117 Å². The summed E-state index contributed by atoms with van der Waals surface area (Å²) in [4.78, 5) is 0. The molecule has 0 radical (unpaired) electrons. The van der Waals surface area contributed by atoms with Crippen molar-refractivity contribution < 1.29 is 4.74 Å². The van der Waals surface area contributed by atoms with Crippen LogP contribution in [0.25, 0.3) is 0 Å².